The number of hydrazone groups is 1. The van der Waals surface area contributed by atoms with E-state index < -0.39 is 11.7 Å². The maximum atomic E-state index is 13.2. The minimum absolute atomic E-state index is 0.0558. The largest absolute Gasteiger partial charge is 0.481 e. The molecule has 0 fully saturated rings. The highest BCUT2D eigenvalue weighted by Crippen LogP contribution is 2.14. The van der Waals surface area contributed by atoms with Crippen LogP contribution in [0.3, 0.4) is 0 Å². The Balaban J connectivity index is 2.43. The van der Waals surface area contributed by atoms with E-state index in [2.05, 4.69) is 10.5 Å². The van der Waals surface area contributed by atoms with E-state index in [1.54, 1.807) is 12.1 Å². The van der Waals surface area contributed by atoms with Gasteiger partial charge in [0.05, 0.1) is 0 Å². The molecule has 19 heavy (non-hydrogen) atoms. The van der Waals surface area contributed by atoms with Crippen LogP contribution in [-0.4, -0.2) is 18.2 Å². The smallest absolute Gasteiger partial charge is 0.277 e. The summed E-state index contributed by atoms with van der Waals surface area (Å²) in [6, 6.07) is 5.94. The summed E-state index contributed by atoms with van der Waals surface area (Å²) >= 11 is 0. The van der Waals surface area contributed by atoms with Gasteiger partial charge in [-0.3, -0.25) is 4.79 Å². The van der Waals surface area contributed by atoms with Gasteiger partial charge in [-0.2, -0.15) is 5.10 Å². The average Bonchev–Trinajstić information content (AvgIpc) is 2.42. The molecule has 0 spiro atoms. The summed E-state index contributed by atoms with van der Waals surface area (Å²) in [5.41, 5.74) is 3.24. The molecule has 1 rings (SSSR count). The molecule has 1 amide bonds. The van der Waals surface area contributed by atoms with Gasteiger partial charge in [0, 0.05) is 5.71 Å². The number of hydrogen-bond donors (Lipinski definition) is 1. The van der Waals surface area contributed by atoms with Crippen molar-refractivity contribution in [2.75, 3.05) is 6.61 Å². The van der Waals surface area contributed by atoms with Crippen LogP contribution < -0.4 is 10.2 Å². The molecule has 0 aliphatic rings. The number of amides is 1. The van der Waals surface area contributed by atoms with Crippen LogP contribution in [0.2, 0.25) is 0 Å². The molecule has 104 valence electrons. The second-order valence-corrected chi connectivity index (χ2v) is 4.32. The van der Waals surface area contributed by atoms with Crippen LogP contribution in [0.25, 0.3) is 0 Å². The molecule has 0 aliphatic heterocycles. The summed E-state index contributed by atoms with van der Waals surface area (Å²) in [4.78, 5) is 11.5. The molecule has 0 unspecified atom stereocenters. The molecule has 0 radical (unpaired) electrons. The average molecular weight is 266 g/mol. The van der Waals surface area contributed by atoms with E-state index in [1.807, 2.05) is 20.8 Å². The maximum Gasteiger partial charge on any atom is 0.277 e. The lowest BCUT2D eigenvalue weighted by molar-refractivity contribution is -0.123. The Morgan fingerprint density at radius 3 is 2.79 bits per heavy atom. The van der Waals surface area contributed by atoms with Gasteiger partial charge in [0.1, 0.15) is 0 Å². The van der Waals surface area contributed by atoms with E-state index in [0.717, 1.165) is 12.1 Å². The van der Waals surface area contributed by atoms with Crippen molar-refractivity contribution in [3.05, 3.63) is 30.1 Å². The first-order chi connectivity index (χ1) is 9.04. The van der Waals surface area contributed by atoms with E-state index in [-0.39, 0.29) is 12.4 Å². The molecule has 0 saturated heterocycles. The third kappa shape index (κ3) is 5.07. The highest BCUT2D eigenvalue weighted by atomic mass is 19.1. The fourth-order valence-corrected chi connectivity index (χ4v) is 1.29. The highest BCUT2D eigenvalue weighted by molar-refractivity contribution is 5.86. The number of nitrogens with one attached hydrogen (secondary N) is 1. The molecular weight excluding hydrogens is 247 g/mol. The Morgan fingerprint density at radius 2 is 2.16 bits per heavy atom. The maximum absolute atomic E-state index is 13.2. The van der Waals surface area contributed by atoms with Gasteiger partial charge in [0.25, 0.3) is 5.91 Å². The standard InChI is InChI=1S/C14H19FN2O2/c1-4-10(2)11(3)16-17-14(18)9-19-13-8-6-5-7-12(13)15/h5-8,10H,4,9H2,1-3H3,(H,17,18)/b16-11-/t10-/m1/s1. The van der Waals surface area contributed by atoms with Crippen molar-refractivity contribution < 1.29 is 13.9 Å². The van der Waals surface area contributed by atoms with Crippen molar-refractivity contribution in [3.8, 4) is 5.75 Å². The van der Waals surface area contributed by atoms with Crippen molar-refractivity contribution in [3.63, 3.8) is 0 Å². The first kappa shape index (κ1) is 15.1. The van der Waals surface area contributed by atoms with E-state index in [0.29, 0.717) is 5.92 Å². The number of rotatable bonds is 6. The van der Waals surface area contributed by atoms with Crippen LogP contribution >= 0.6 is 0 Å². The first-order valence-electron chi connectivity index (χ1n) is 6.25. The Labute approximate surface area is 112 Å². The quantitative estimate of drug-likeness (QED) is 0.636. The van der Waals surface area contributed by atoms with Gasteiger partial charge in [-0.1, -0.05) is 26.0 Å². The van der Waals surface area contributed by atoms with Crippen LogP contribution in [0.1, 0.15) is 27.2 Å². The number of halogens is 1. The molecule has 1 atom stereocenters. The second-order valence-electron chi connectivity index (χ2n) is 4.32. The van der Waals surface area contributed by atoms with Crippen molar-refractivity contribution in [2.45, 2.75) is 27.2 Å². The Hall–Kier alpha value is -1.91. The van der Waals surface area contributed by atoms with Gasteiger partial charge in [-0.05, 0) is 31.4 Å². The highest BCUT2D eigenvalue weighted by Gasteiger charge is 2.07. The summed E-state index contributed by atoms with van der Waals surface area (Å²) in [6.45, 7) is 5.66. The van der Waals surface area contributed by atoms with Gasteiger partial charge in [-0.15, -0.1) is 0 Å². The fourth-order valence-electron chi connectivity index (χ4n) is 1.29. The molecule has 4 nitrogen and oxygen atoms in total. The summed E-state index contributed by atoms with van der Waals surface area (Å²) in [5, 5.41) is 3.97. The zero-order valence-corrected chi connectivity index (χ0v) is 11.4. The Morgan fingerprint density at radius 1 is 1.47 bits per heavy atom. The SMILES string of the molecule is CC[C@@H](C)/C(C)=N\NC(=O)COc1ccccc1F. The zero-order valence-electron chi connectivity index (χ0n) is 11.4. The lowest BCUT2D eigenvalue weighted by Gasteiger charge is -2.09. The monoisotopic (exact) mass is 266 g/mol. The van der Waals surface area contributed by atoms with Crippen LogP contribution in [0.15, 0.2) is 29.4 Å². The van der Waals surface area contributed by atoms with Gasteiger partial charge >= 0.3 is 0 Å². The number of hydrogen-bond acceptors (Lipinski definition) is 3. The lowest BCUT2D eigenvalue weighted by Crippen LogP contribution is -2.26. The van der Waals surface area contributed by atoms with E-state index >= 15 is 0 Å². The zero-order chi connectivity index (χ0) is 14.3. The Kier molecular flexibility index (Phi) is 5.99. The van der Waals surface area contributed by atoms with Gasteiger partial charge in [-0.25, -0.2) is 9.82 Å². The second kappa shape index (κ2) is 7.51. The molecule has 1 aromatic carbocycles. The van der Waals surface area contributed by atoms with Crippen molar-refractivity contribution >= 4 is 11.6 Å². The summed E-state index contributed by atoms with van der Waals surface area (Å²) in [7, 11) is 0. The normalized spacial score (nSPS) is 12.9. The van der Waals surface area contributed by atoms with Crippen LogP contribution in [0.4, 0.5) is 4.39 Å². The topological polar surface area (TPSA) is 50.7 Å². The lowest BCUT2D eigenvalue weighted by atomic mass is 10.1. The van der Waals surface area contributed by atoms with Crippen LogP contribution in [0, 0.1) is 11.7 Å². The van der Waals surface area contributed by atoms with Crippen molar-refractivity contribution in [1.29, 1.82) is 0 Å². The van der Waals surface area contributed by atoms with E-state index in [9.17, 15) is 9.18 Å². The van der Waals surface area contributed by atoms with Gasteiger partial charge in [0.2, 0.25) is 0 Å². The molecule has 1 aromatic rings. The van der Waals surface area contributed by atoms with Crippen molar-refractivity contribution in [2.24, 2.45) is 11.0 Å². The molecule has 0 bridgehead atoms. The summed E-state index contributed by atoms with van der Waals surface area (Å²) < 4.78 is 18.3. The first-order valence-corrected chi connectivity index (χ1v) is 6.25. The summed E-state index contributed by atoms with van der Waals surface area (Å²) in [6.07, 6.45) is 0.955. The van der Waals surface area contributed by atoms with E-state index in [1.165, 1.54) is 12.1 Å². The number of ether oxygens (including phenoxy) is 1. The molecule has 0 aliphatic carbocycles. The molecule has 1 N–H and O–H groups in total. The molecule has 5 heteroatoms. The number of carbonyl (C=O) groups excluding carboxylic acids is 1. The Bertz CT molecular complexity index is 461. The third-order valence-electron chi connectivity index (χ3n) is 2.88. The fraction of sp³-hybridized carbons (Fsp3) is 0.429. The molecule has 0 aromatic heterocycles. The molecule has 0 heterocycles. The van der Waals surface area contributed by atoms with Gasteiger partial charge in [0.15, 0.2) is 18.2 Å². The van der Waals surface area contributed by atoms with Crippen LogP contribution in [-0.2, 0) is 4.79 Å². The number of nitrogens with zero attached hydrogens (tertiary/aromatic N) is 1. The third-order valence-corrected chi connectivity index (χ3v) is 2.88. The predicted molar refractivity (Wildman–Crippen MR) is 72.6 cm³/mol. The van der Waals surface area contributed by atoms with E-state index in [4.69, 9.17) is 4.74 Å². The minimum Gasteiger partial charge on any atom is -0.481 e. The number of carbonyl (C=O) groups is 1. The molecule has 0 saturated carbocycles. The van der Waals surface area contributed by atoms with Crippen LogP contribution in [0.5, 0.6) is 5.75 Å². The number of para-hydroxylation sites is 1. The number of benzene rings is 1. The van der Waals surface area contributed by atoms with Gasteiger partial charge < -0.3 is 4.74 Å². The predicted octanol–water partition coefficient (Wildman–Crippen LogP) is 2.74. The summed E-state index contributed by atoms with van der Waals surface area (Å²) in [5.74, 6) is -0.534. The van der Waals surface area contributed by atoms with Crippen molar-refractivity contribution in [1.82, 2.24) is 5.43 Å². The minimum atomic E-state index is -0.491. The molecular formula is C14H19FN2O2.